The number of fused-ring (bicyclic) bond motifs is 1. The highest BCUT2D eigenvalue weighted by Crippen LogP contribution is 2.26. The molecular formula is C23H28N4O3. The van der Waals surface area contributed by atoms with Gasteiger partial charge in [0.05, 0.1) is 18.3 Å². The standard InChI is InChI=1S/C23H28N4O3/c1-6-16(7-2)22(28)26-21-18(23(29)30-8-3)13-24-27(21)19-12-15(5)17-11-9-10-14(4)20(17)25-19/h9-13,16H,6-8H2,1-5H3,(H,26,28). The number of anilines is 1. The summed E-state index contributed by atoms with van der Waals surface area (Å²) in [4.78, 5) is 30.1. The van der Waals surface area contributed by atoms with Gasteiger partial charge < -0.3 is 10.1 Å². The molecule has 1 aromatic carbocycles. The Morgan fingerprint density at radius 2 is 1.87 bits per heavy atom. The van der Waals surface area contributed by atoms with E-state index in [1.807, 2.05) is 52.0 Å². The second kappa shape index (κ2) is 9.07. The molecule has 1 amide bonds. The molecular weight excluding hydrogens is 380 g/mol. The van der Waals surface area contributed by atoms with E-state index in [4.69, 9.17) is 9.72 Å². The number of hydrogen-bond acceptors (Lipinski definition) is 5. The Balaban J connectivity index is 2.15. The van der Waals surface area contributed by atoms with Gasteiger partial charge in [0.15, 0.2) is 11.6 Å². The highest BCUT2D eigenvalue weighted by atomic mass is 16.5. The van der Waals surface area contributed by atoms with Crippen LogP contribution in [0.25, 0.3) is 16.7 Å². The summed E-state index contributed by atoms with van der Waals surface area (Å²) in [5.41, 5.74) is 3.14. The first-order valence-electron chi connectivity index (χ1n) is 10.3. The number of pyridine rings is 1. The average Bonchev–Trinajstić information content (AvgIpc) is 3.13. The molecule has 0 saturated heterocycles. The second-order valence-electron chi connectivity index (χ2n) is 7.31. The van der Waals surface area contributed by atoms with Gasteiger partial charge in [-0.25, -0.2) is 9.78 Å². The maximum Gasteiger partial charge on any atom is 0.343 e. The number of hydrogen-bond donors (Lipinski definition) is 1. The maximum absolute atomic E-state index is 12.8. The van der Waals surface area contributed by atoms with Crippen molar-refractivity contribution in [3.8, 4) is 5.82 Å². The van der Waals surface area contributed by atoms with Crippen LogP contribution in [0.4, 0.5) is 5.82 Å². The number of benzene rings is 1. The Bertz CT molecular complexity index is 1080. The Morgan fingerprint density at radius 1 is 1.13 bits per heavy atom. The highest BCUT2D eigenvalue weighted by molar-refractivity contribution is 6.01. The minimum atomic E-state index is -0.530. The van der Waals surface area contributed by atoms with Gasteiger partial charge in [-0.1, -0.05) is 32.0 Å². The van der Waals surface area contributed by atoms with Gasteiger partial charge in [-0.3, -0.25) is 4.79 Å². The van der Waals surface area contributed by atoms with Crippen molar-refractivity contribution in [1.29, 1.82) is 0 Å². The maximum atomic E-state index is 12.8. The number of nitrogens with one attached hydrogen (secondary N) is 1. The van der Waals surface area contributed by atoms with E-state index < -0.39 is 5.97 Å². The van der Waals surface area contributed by atoms with Crippen LogP contribution in [-0.4, -0.2) is 33.2 Å². The summed E-state index contributed by atoms with van der Waals surface area (Å²) in [5, 5.41) is 8.33. The predicted molar refractivity (Wildman–Crippen MR) is 117 cm³/mol. The molecule has 3 aromatic rings. The Labute approximate surface area is 176 Å². The lowest BCUT2D eigenvalue weighted by molar-refractivity contribution is -0.120. The van der Waals surface area contributed by atoms with Crippen LogP contribution >= 0.6 is 0 Å². The van der Waals surface area contributed by atoms with Gasteiger partial charge >= 0.3 is 5.97 Å². The molecule has 0 fully saturated rings. The third-order valence-electron chi connectivity index (χ3n) is 5.31. The molecule has 7 heteroatoms. The zero-order valence-electron chi connectivity index (χ0n) is 18.2. The molecule has 0 aliphatic rings. The van der Waals surface area contributed by atoms with Crippen LogP contribution in [0.5, 0.6) is 0 Å². The van der Waals surface area contributed by atoms with Gasteiger partial charge in [0, 0.05) is 11.3 Å². The summed E-state index contributed by atoms with van der Waals surface area (Å²) in [5.74, 6) is -0.0231. The van der Waals surface area contributed by atoms with Crippen molar-refractivity contribution in [2.45, 2.75) is 47.5 Å². The molecule has 0 atom stereocenters. The molecule has 2 aromatic heterocycles. The summed E-state index contributed by atoms with van der Waals surface area (Å²) >= 11 is 0. The number of aryl methyl sites for hydroxylation is 2. The van der Waals surface area contributed by atoms with E-state index in [1.54, 1.807) is 6.92 Å². The lowest BCUT2D eigenvalue weighted by atomic mass is 10.0. The van der Waals surface area contributed by atoms with E-state index in [-0.39, 0.29) is 29.8 Å². The monoisotopic (exact) mass is 408 g/mol. The Morgan fingerprint density at radius 3 is 2.53 bits per heavy atom. The first-order valence-corrected chi connectivity index (χ1v) is 10.3. The number of para-hydroxylation sites is 1. The first-order chi connectivity index (χ1) is 14.4. The number of esters is 1. The molecule has 30 heavy (non-hydrogen) atoms. The van der Waals surface area contributed by atoms with Crippen molar-refractivity contribution >= 4 is 28.6 Å². The summed E-state index contributed by atoms with van der Waals surface area (Å²) in [6.07, 6.45) is 2.83. The number of ether oxygens (including phenoxy) is 1. The van der Waals surface area contributed by atoms with Crippen LogP contribution in [0, 0.1) is 19.8 Å². The van der Waals surface area contributed by atoms with Crippen molar-refractivity contribution in [1.82, 2.24) is 14.8 Å². The lowest BCUT2D eigenvalue weighted by Gasteiger charge is -2.16. The smallest absolute Gasteiger partial charge is 0.343 e. The van der Waals surface area contributed by atoms with Crippen LogP contribution in [0.2, 0.25) is 0 Å². The van der Waals surface area contributed by atoms with Crippen LogP contribution in [-0.2, 0) is 9.53 Å². The van der Waals surface area contributed by atoms with Crippen molar-refractivity contribution in [3.63, 3.8) is 0 Å². The third kappa shape index (κ3) is 4.06. The van der Waals surface area contributed by atoms with Crippen molar-refractivity contribution < 1.29 is 14.3 Å². The molecule has 0 radical (unpaired) electrons. The predicted octanol–water partition coefficient (Wildman–Crippen LogP) is 4.59. The normalized spacial score (nSPS) is 11.1. The van der Waals surface area contributed by atoms with Gasteiger partial charge in [0.1, 0.15) is 5.56 Å². The Kier molecular flexibility index (Phi) is 6.50. The quantitative estimate of drug-likeness (QED) is 0.578. The molecule has 0 bridgehead atoms. The molecule has 0 aliphatic heterocycles. The van der Waals surface area contributed by atoms with Gasteiger partial charge in [-0.05, 0) is 50.8 Å². The van der Waals surface area contributed by atoms with Crippen LogP contribution in [0.1, 0.15) is 55.1 Å². The number of nitrogens with zero attached hydrogens (tertiary/aromatic N) is 3. The number of carbonyl (C=O) groups excluding carboxylic acids is 2. The number of rotatable bonds is 7. The van der Waals surface area contributed by atoms with E-state index in [9.17, 15) is 9.59 Å². The summed E-state index contributed by atoms with van der Waals surface area (Å²) in [7, 11) is 0. The largest absolute Gasteiger partial charge is 0.462 e. The number of aromatic nitrogens is 3. The molecule has 0 saturated carbocycles. The van der Waals surface area contributed by atoms with Crippen LogP contribution in [0.15, 0.2) is 30.5 Å². The van der Waals surface area contributed by atoms with Gasteiger partial charge in [0.25, 0.3) is 0 Å². The fourth-order valence-electron chi connectivity index (χ4n) is 3.53. The Hall–Kier alpha value is -3.22. The fraction of sp³-hybridized carbons (Fsp3) is 0.391. The van der Waals surface area contributed by atoms with Crippen molar-refractivity contribution in [2.75, 3.05) is 11.9 Å². The minimum Gasteiger partial charge on any atom is -0.462 e. The SMILES string of the molecule is CCOC(=O)c1cnn(-c2cc(C)c3cccc(C)c3n2)c1NC(=O)C(CC)CC. The van der Waals surface area contributed by atoms with E-state index in [0.717, 1.165) is 22.0 Å². The van der Waals surface area contributed by atoms with Crippen molar-refractivity contribution in [2.24, 2.45) is 5.92 Å². The van der Waals surface area contributed by atoms with Crippen LogP contribution in [0.3, 0.4) is 0 Å². The molecule has 0 aliphatic carbocycles. The van der Waals surface area contributed by atoms with E-state index in [1.165, 1.54) is 10.9 Å². The molecule has 158 valence electrons. The minimum absolute atomic E-state index is 0.152. The third-order valence-corrected chi connectivity index (χ3v) is 5.31. The van der Waals surface area contributed by atoms with E-state index in [0.29, 0.717) is 18.7 Å². The van der Waals surface area contributed by atoms with Gasteiger partial charge in [-0.15, -0.1) is 0 Å². The fourth-order valence-corrected chi connectivity index (χ4v) is 3.53. The van der Waals surface area contributed by atoms with Crippen molar-refractivity contribution in [3.05, 3.63) is 47.2 Å². The van der Waals surface area contributed by atoms with Gasteiger partial charge in [0.2, 0.25) is 5.91 Å². The molecule has 3 rings (SSSR count). The molecule has 2 heterocycles. The average molecular weight is 409 g/mol. The van der Waals surface area contributed by atoms with Crippen LogP contribution < -0.4 is 5.32 Å². The second-order valence-corrected chi connectivity index (χ2v) is 7.31. The topological polar surface area (TPSA) is 86.1 Å². The van der Waals surface area contributed by atoms with Gasteiger partial charge in [-0.2, -0.15) is 9.78 Å². The first kappa shape index (κ1) is 21.5. The molecule has 0 unspecified atom stereocenters. The summed E-state index contributed by atoms with van der Waals surface area (Å²) in [6, 6.07) is 7.93. The highest BCUT2D eigenvalue weighted by Gasteiger charge is 2.24. The lowest BCUT2D eigenvalue weighted by Crippen LogP contribution is -2.24. The molecule has 7 nitrogen and oxygen atoms in total. The molecule has 0 spiro atoms. The zero-order chi connectivity index (χ0) is 21.8. The number of carbonyl (C=O) groups is 2. The van der Waals surface area contributed by atoms with E-state index >= 15 is 0 Å². The number of amides is 1. The summed E-state index contributed by atoms with van der Waals surface area (Å²) in [6.45, 7) is 9.91. The zero-order valence-corrected chi connectivity index (χ0v) is 18.2. The molecule has 1 N–H and O–H groups in total. The summed E-state index contributed by atoms with van der Waals surface area (Å²) < 4.78 is 6.67. The van der Waals surface area contributed by atoms with E-state index in [2.05, 4.69) is 10.4 Å².